The number of hydrogen-bond donors (Lipinski definition) is 1. The molecule has 8 heteroatoms. The summed E-state index contributed by atoms with van der Waals surface area (Å²) >= 11 is 0. The monoisotopic (exact) mass is 319 g/mol. The quantitative estimate of drug-likeness (QED) is 0.929. The Labute approximate surface area is 124 Å². The summed E-state index contributed by atoms with van der Waals surface area (Å²) in [6.07, 6.45) is -4.10. The number of nitrogens with zero attached hydrogens (tertiary/aromatic N) is 1. The summed E-state index contributed by atoms with van der Waals surface area (Å²) in [5.74, 6) is -5.43. The zero-order valence-corrected chi connectivity index (χ0v) is 12.1. The molecule has 1 N–H and O–H groups in total. The lowest BCUT2D eigenvalue weighted by Gasteiger charge is -2.17. The number of amides is 1. The first-order valence-corrected chi connectivity index (χ1v) is 6.83. The second kappa shape index (κ2) is 5.66. The van der Waals surface area contributed by atoms with Crippen molar-refractivity contribution >= 4 is 11.9 Å². The number of likely N-dealkylation sites (tertiary alicyclic amines) is 1. The number of carbonyl (C=O) groups excluding carboxylic acids is 1. The molecule has 0 aromatic carbocycles. The standard InChI is InChI=1S/C14H16F3NO4/c1-3-10-7(2)4-11(22-10)12(19)18-5-8(13(20)21)9(6-18)14(15,16)17/h4,8-9H,3,5-6H2,1-2H3,(H,20,21)/t8-,9-/m1/s1. The van der Waals surface area contributed by atoms with Crippen LogP contribution in [0.3, 0.4) is 0 Å². The molecule has 2 rings (SSSR count). The van der Waals surface area contributed by atoms with Gasteiger partial charge in [0.25, 0.3) is 5.91 Å². The van der Waals surface area contributed by atoms with E-state index in [2.05, 4.69) is 0 Å². The van der Waals surface area contributed by atoms with Crippen molar-refractivity contribution in [3.63, 3.8) is 0 Å². The molecule has 1 saturated heterocycles. The first-order valence-electron chi connectivity index (χ1n) is 6.83. The SMILES string of the molecule is CCc1oc(C(=O)N2C[C@@H](C(F)(F)F)[C@H](C(=O)O)C2)cc1C. The van der Waals surface area contributed by atoms with Gasteiger partial charge < -0.3 is 14.4 Å². The number of halogens is 3. The number of aliphatic carboxylic acids is 1. The van der Waals surface area contributed by atoms with Gasteiger partial charge in [-0.25, -0.2) is 0 Å². The fourth-order valence-corrected chi connectivity index (χ4v) is 2.68. The minimum absolute atomic E-state index is 0.0543. The number of hydrogen-bond acceptors (Lipinski definition) is 3. The summed E-state index contributed by atoms with van der Waals surface area (Å²) in [5, 5.41) is 8.94. The van der Waals surface area contributed by atoms with Crippen molar-refractivity contribution in [3.05, 3.63) is 23.2 Å². The van der Waals surface area contributed by atoms with Crippen LogP contribution in [0, 0.1) is 18.8 Å². The van der Waals surface area contributed by atoms with E-state index < -0.39 is 43.0 Å². The second-order valence-electron chi connectivity index (χ2n) is 5.37. The highest BCUT2D eigenvalue weighted by Crippen LogP contribution is 2.38. The zero-order chi connectivity index (χ0) is 16.7. The van der Waals surface area contributed by atoms with Gasteiger partial charge in [-0.3, -0.25) is 9.59 Å². The Hall–Kier alpha value is -1.99. The summed E-state index contributed by atoms with van der Waals surface area (Å²) in [7, 11) is 0. The Morgan fingerprint density at radius 1 is 1.41 bits per heavy atom. The molecule has 1 aromatic heterocycles. The number of alkyl halides is 3. The van der Waals surface area contributed by atoms with Crippen LogP contribution in [-0.2, 0) is 11.2 Å². The molecule has 0 bridgehead atoms. The summed E-state index contributed by atoms with van der Waals surface area (Å²) < 4.78 is 44.1. The third-order valence-corrected chi connectivity index (χ3v) is 3.90. The van der Waals surface area contributed by atoms with Gasteiger partial charge in [-0.15, -0.1) is 0 Å². The lowest BCUT2D eigenvalue weighted by atomic mass is 9.96. The molecule has 122 valence electrons. The van der Waals surface area contributed by atoms with Crippen LogP contribution < -0.4 is 0 Å². The number of carboxylic acids is 1. The predicted molar refractivity (Wildman–Crippen MR) is 69.4 cm³/mol. The van der Waals surface area contributed by atoms with Crippen LogP contribution in [-0.4, -0.2) is 41.1 Å². The van der Waals surface area contributed by atoms with E-state index in [0.717, 1.165) is 10.5 Å². The number of carboxylic acid groups (broad SMARTS) is 1. The Balaban J connectivity index is 2.22. The van der Waals surface area contributed by atoms with Gasteiger partial charge in [0, 0.05) is 19.5 Å². The first kappa shape index (κ1) is 16.4. The van der Waals surface area contributed by atoms with Gasteiger partial charge in [-0.1, -0.05) is 6.92 Å². The molecule has 0 radical (unpaired) electrons. The van der Waals surface area contributed by atoms with E-state index in [1.807, 2.05) is 6.92 Å². The summed E-state index contributed by atoms with van der Waals surface area (Å²) in [5.41, 5.74) is 0.743. The van der Waals surface area contributed by atoms with E-state index in [4.69, 9.17) is 9.52 Å². The lowest BCUT2D eigenvalue weighted by molar-refractivity contribution is -0.187. The van der Waals surface area contributed by atoms with Gasteiger partial charge in [0.1, 0.15) is 5.76 Å². The molecule has 2 atom stereocenters. The van der Waals surface area contributed by atoms with E-state index in [0.29, 0.717) is 12.2 Å². The van der Waals surface area contributed by atoms with Crippen LogP contribution in [0.2, 0.25) is 0 Å². The molecule has 22 heavy (non-hydrogen) atoms. The van der Waals surface area contributed by atoms with Crippen LogP contribution in [0.5, 0.6) is 0 Å². The molecule has 1 aliphatic rings. The van der Waals surface area contributed by atoms with Gasteiger partial charge in [-0.05, 0) is 18.6 Å². The minimum atomic E-state index is -4.66. The Morgan fingerprint density at radius 3 is 2.45 bits per heavy atom. The average Bonchev–Trinajstić information content (AvgIpc) is 3.00. The van der Waals surface area contributed by atoms with Crippen molar-refractivity contribution in [2.75, 3.05) is 13.1 Å². The van der Waals surface area contributed by atoms with Crippen molar-refractivity contribution in [1.82, 2.24) is 4.90 Å². The van der Waals surface area contributed by atoms with Crippen molar-refractivity contribution < 1.29 is 32.3 Å². The molecule has 2 heterocycles. The van der Waals surface area contributed by atoms with Crippen molar-refractivity contribution in [2.24, 2.45) is 11.8 Å². The van der Waals surface area contributed by atoms with Gasteiger partial charge in [0.2, 0.25) is 0 Å². The third-order valence-electron chi connectivity index (χ3n) is 3.90. The fraction of sp³-hybridized carbons (Fsp3) is 0.571. The third kappa shape index (κ3) is 2.95. The Kier molecular flexibility index (Phi) is 4.21. The van der Waals surface area contributed by atoms with Crippen LogP contribution >= 0.6 is 0 Å². The van der Waals surface area contributed by atoms with Crippen LogP contribution in [0.15, 0.2) is 10.5 Å². The molecule has 0 spiro atoms. The highest BCUT2D eigenvalue weighted by molar-refractivity contribution is 5.92. The molecule has 1 amide bonds. The molecular formula is C14H16F3NO4. The van der Waals surface area contributed by atoms with Crippen molar-refractivity contribution in [2.45, 2.75) is 26.4 Å². The maximum atomic E-state index is 12.9. The summed E-state index contributed by atoms with van der Waals surface area (Å²) in [4.78, 5) is 24.1. The zero-order valence-electron chi connectivity index (χ0n) is 12.1. The summed E-state index contributed by atoms with van der Waals surface area (Å²) in [6.45, 7) is 2.43. The minimum Gasteiger partial charge on any atom is -0.481 e. The second-order valence-corrected chi connectivity index (χ2v) is 5.37. The normalized spacial score (nSPS) is 22.1. The van der Waals surface area contributed by atoms with Crippen LogP contribution in [0.1, 0.15) is 28.8 Å². The van der Waals surface area contributed by atoms with Gasteiger partial charge in [0.15, 0.2) is 5.76 Å². The highest BCUT2D eigenvalue weighted by Gasteiger charge is 2.53. The van der Waals surface area contributed by atoms with Crippen LogP contribution in [0.4, 0.5) is 13.2 Å². The molecule has 0 aliphatic carbocycles. The number of furan rings is 1. The molecule has 5 nitrogen and oxygen atoms in total. The smallest absolute Gasteiger partial charge is 0.394 e. The molecule has 0 unspecified atom stereocenters. The predicted octanol–water partition coefficient (Wildman–Crippen LogP) is 2.49. The maximum absolute atomic E-state index is 12.9. The van der Waals surface area contributed by atoms with E-state index >= 15 is 0 Å². The largest absolute Gasteiger partial charge is 0.481 e. The van der Waals surface area contributed by atoms with Crippen molar-refractivity contribution in [3.8, 4) is 0 Å². The molecular weight excluding hydrogens is 303 g/mol. The van der Waals surface area contributed by atoms with Crippen molar-refractivity contribution in [1.29, 1.82) is 0 Å². The molecule has 1 fully saturated rings. The number of rotatable bonds is 3. The number of carbonyl (C=O) groups is 2. The van der Waals surface area contributed by atoms with Gasteiger partial charge in [-0.2, -0.15) is 13.2 Å². The molecule has 1 aliphatic heterocycles. The van der Waals surface area contributed by atoms with Crippen LogP contribution in [0.25, 0.3) is 0 Å². The van der Waals surface area contributed by atoms with Gasteiger partial charge in [0.05, 0.1) is 11.8 Å². The highest BCUT2D eigenvalue weighted by atomic mass is 19.4. The topological polar surface area (TPSA) is 70.8 Å². The van der Waals surface area contributed by atoms with E-state index in [1.165, 1.54) is 6.07 Å². The Bertz CT molecular complexity index is 593. The van der Waals surface area contributed by atoms with E-state index in [1.54, 1.807) is 6.92 Å². The maximum Gasteiger partial charge on any atom is 0.394 e. The fourth-order valence-electron chi connectivity index (χ4n) is 2.68. The summed E-state index contributed by atoms with van der Waals surface area (Å²) in [6, 6.07) is 1.47. The average molecular weight is 319 g/mol. The van der Waals surface area contributed by atoms with Gasteiger partial charge >= 0.3 is 12.1 Å². The lowest BCUT2D eigenvalue weighted by Crippen LogP contribution is -2.34. The Morgan fingerprint density at radius 2 is 2.05 bits per heavy atom. The van der Waals surface area contributed by atoms with E-state index in [9.17, 15) is 22.8 Å². The number of aryl methyl sites for hydroxylation is 2. The van der Waals surface area contributed by atoms with E-state index in [-0.39, 0.29) is 5.76 Å². The molecule has 1 aromatic rings. The molecule has 0 saturated carbocycles. The first-order chi connectivity index (χ1) is 10.1.